The number of carbonyl (C=O) groups is 2. The van der Waals surface area contributed by atoms with Crippen molar-refractivity contribution in [2.45, 2.75) is 309 Å². The van der Waals surface area contributed by atoms with Gasteiger partial charge in [-0.05, 0) is 57.8 Å². The lowest BCUT2D eigenvalue weighted by atomic mass is 10.0. The predicted octanol–water partition coefficient (Wildman–Crippen LogP) is 16.7. The molecule has 3 N–H and O–H groups in total. The van der Waals surface area contributed by atoms with Crippen molar-refractivity contribution in [3.63, 3.8) is 0 Å². The van der Waals surface area contributed by atoms with Crippen LogP contribution in [0, 0.1) is 0 Å². The van der Waals surface area contributed by atoms with Gasteiger partial charge in [-0.2, -0.15) is 0 Å². The number of aliphatic hydroxyl groups is 2. The Hall–Kier alpha value is -1.66. The van der Waals surface area contributed by atoms with Crippen LogP contribution in [0.5, 0.6) is 0 Å². The summed E-state index contributed by atoms with van der Waals surface area (Å²) in [6.07, 6.45) is 61.8. The third-order valence-electron chi connectivity index (χ3n) is 12.7. The molecule has 0 aliphatic heterocycles. The summed E-state index contributed by atoms with van der Waals surface area (Å²) in [6.45, 7) is 4.88. The Morgan fingerprint density at radius 3 is 1.15 bits per heavy atom. The molecule has 0 aromatic rings. The second kappa shape index (κ2) is 52.0. The molecule has 0 aromatic carbocycles. The van der Waals surface area contributed by atoms with Gasteiger partial charge in [0.15, 0.2) is 0 Å². The van der Waals surface area contributed by atoms with E-state index in [4.69, 9.17) is 4.74 Å². The fourth-order valence-corrected chi connectivity index (χ4v) is 8.45. The number of unbranched alkanes of at least 4 members (excludes halogenated alkanes) is 38. The third-order valence-corrected chi connectivity index (χ3v) is 12.7. The molecule has 6 heteroatoms. The normalized spacial score (nSPS) is 12.8. The molecule has 0 aliphatic carbocycles. The van der Waals surface area contributed by atoms with Gasteiger partial charge < -0.3 is 20.3 Å². The lowest BCUT2D eigenvalue weighted by Crippen LogP contribution is -2.45. The molecule has 0 aromatic heterocycles. The number of nitrogens with one attached hydrogen (secondary N) is 1. The number of hydrogen-bond acceptors (Lipinski definition) is 5. The van der Waals surface area contributed by atoms with E-state index in [1.807, 2.05) is 6.08 Å². The molecule has 0 aliphatic rings. The number of carbonyl (C=O) groups excluding carboxylic acids is 2. The Kier molecular flexibility index (Phi) is 50.6. The molecule has 0 fully saturated rings. The maximum Gasteiger partial charge on any atom is 0.305 e. The van der Waals surface area contributed by atoms with Crippen LogP contribution in [0.25, 0.3) is 0 Å². The van der Waals surface area contributed by atoms with Crippen molar-refractivity contribution in [3.05, 3.63) is 24.3 Å². The molecule has 1 amide bonds. The fraction of sp³-hybridized carbons (Fsp3) is 0.893. The molecule has 0 saturated carbocycles. The van der Waals surface area contributed by atoms with Crippen molar-refractivity contribution < 1.29 is 24.5 Å². The maximum absolute atomic E-state index is 12.4. The number of allylic oxidation sites excluding steroid dienone is 3. The molecular weight excluding hydrogens is 767 g/mol. The number of rotatable bonds is 51. The maximum atomic E-state index is 12.4. The van der Waals surface area contributed by atoms with Crippen LogP contribution in [0.1, 0.15) is 296 Å². The van der Waals surface area contributed by atoms with Crippen molar-refractivity contribution in [2.75, 3.05) is 13.2 Å². The summed E-state index contributed by atoms with van der Waals surface area (Å²) < 4.78 is 5.47. The van der Waals surface area contributed by atoms with E-state index in [2.05, 4.69) is 31.3 Å². The average Bonchev–Trinajstić information content (AvgIpc) is 3.27. The van der Waals surface area contributed by atoms with Gasteiger partial charge in [0, 0.05) is 12.8 Å². The monoisotopic (exact) mass is 874 g/mol. The van der Waals surface area contributed by atoms with Gasteiger partial charge in [-0.3, -0.25) is 9.59 Å². The fourth-order valence-electron chi connectivity index (χ4n) is 8.45. The highest BCUT2D eigenvalue weighted by Gasteiger charge is 2.18. The van der Waals surface area contributed by atoms with Crippen LogP contribution in [-0.2, 0) is 14.3 Å². The van der Waals surface area contributed by atoms with Crippen molar-refractivity contribution in [2.24, 2.45) is 0 Å². The van der Waals surface area contributed by atoms with Crippen LogP contribution in [0.3, 0.4) is 0 Å². The second-order valence-corrected chi connectivity index (χ2v) is 18.9. The molecule has 2 atom stereocenters. The van der Waals surface area contributed by atoms with Gasteiger partial charge in [-0.1, -0.05) is 250 Å². The Bertz CT molecular complexity index is 966. The molecule has 0 heterocycles. The summed E-state index contributed by atoms with van der Waals surface area (Å²) >= 11 is 0. The van der Waals surface area contributed by atoms with Crippen molar-refractivity contribution in [1.29, 1.82) is 0 Å². The molecule has 6 nitrogen and oxygen atoms in total. The minimum Gasteiger partial charge on any atom is -0.466 e. The zero-order valence-electron chi connectivity index (χ0n) is 41.6. The number of ether oxygens (including phenoxy) is 1. The summed E-state index contributed by atoms with van der Waals surface area (Å²) in [5.41, 5.74) is 0. The second-order valence-electron chi connectivity index (χ2n) is 18.9. The van der Waals surface area contributed by atoms with Gasteiger partial charge in [0.25, 0.3) is 0 Å². The van der Waals surface area contributed by atoms with Crippen molar-refractivity contribution in [1.82, 2.24) is 5.32 Å². The van der Waals surface area contributed by atoms with E-state index >= 15 is 0 Å². The lowest BCUT2D eigenvalue weighted by molar-refractivity contribution is -0.143. The quantitative estimate of drug-likeness (QED) is 0.0321. The molecule has 0 radical (unpaired) electrons. The van der Waals surface area contributed by atoms with Gasteiger partial charge in [0.1, 0.15) is 0 Å². The summed E-state index contributed by atoms with van der Waals surface area (Å²) in [5, 5.41) is 23.1. The first kappa shape index (κ1) is 60.3. The van der Waals surface area contributed by atoms with Crippen LogP contribution in [-0.4, -0.2) is 47.4 Å². The highest BCUT2D eigenvalue weighted by atomic mass is 16.5. The lowest BCUT2D eigenvalue weighted by Gasteiger charge is -2.20. The van der Waals surface area contributed by atoms with Gasteiger partial charge in [0.2, 0.25) is 5.91 Å². The molecule has 0 bridgehead atoms. The number of amides is 1. The molecule has 366 valence electrons. The standard InChI is InChI=1S/C56H107NO5/c1-3-5-7-9-11-13-15-17-19-21-24-28-32-36-40-44-48-54(59)53(52-58)57-55(60)49-45-41-37-33-29-25-22-23-27-31-35-39-43-47-51-62-56(61)50-46-42-38-34-30-26-20-18-16-14-12-10-8-6-4-2/h18,20,44,48,53-54,58-59H,3-17,19,21-43,45-47,49-52H2,1-2H3,(H,57,60)/b20-18-,48-44+. The predicted molar refractivity (Wildman–Crippen MR) is 269 cm³/mol. The summed E-state index contributed by atoms with van der Waals surface area (Å²) in [7, 11) is 0. The highest BCUT2D eigenvalue weighted by Crippen LogP contribution is 2.16. The smallest absolute Gasteiger partial charge is 0.305 e. The van der Waals surface area contributed by atoms with E-state index in [1.54, 1.807) is 6.08 Å². The van der Waals surface area contributed by atoms with Crippen LogP contribution in [0.4, 0.5) is 0 Å². The van der Waals surface area contributed by atoms with Crippen LogP contribution in [0.2, 0.25) is 0 Å². The summed E-state index contributed by atoms with van der Waals surface area (Å²) in [4.78, 5) is 24.5. The molecule has 2 unspecified atom stereocenters. The zero-order valence-corrected chi connectivity index (χ0v) is 41.6. The zero-order chi connectivity index (χ0) is 45.1. The van der Waals surface area contributed by atoms with Crippen LogP contribution >= 0.6 is 0 Å². The number of hydrogen-bond donors (Lipinski definition) is 3. The van der Waals surface area contributed by atoms with E-state index in [0.29, 0.717) is 19.4 Å². The third kappa shape index (κ3) is 47.8. The van der Waals surface area contributed by atoms with Crippen LogP contribution < -0.4 is 5.32 Å². The Morgan fingerprint density at radius 2 is 0.758 bits per heavy atom. The van der Waals surface area contributed by atoms with E-state index in [9.17, 15) is 19.8 Å². The largest absolute Gasteiger partial charge is 0.466 e. The molecule has 62 heavy (non-hydrogen) atoms. The summed E-state index contributed by atoms with van der Waals surface area (Å²) in [6, 6.07) is -0.636. The van der Waals surface area contributed by atoms with Crippen LogP contribution in [0.15, 0.2) is 24.3 Å². The molecular formula is C56H107NO5. The molecule has 0 spiro atoms. The van der Waals surface area contributed by atoms with Gasteiger partial charge in [0.05, 0.1) is 25.4 Å². The average molecular weight is 874 g/mol. The van der Waals surface area contributed by atoms with E-state index in [0.717, 1.165) is 57.8 Å². The van der Waals surface area contributed by atoms with E-state index in [1.165, 1.54) is 212 Å². The highest BCUT2D eigenvalue weighted by molar-refractivity contribution is 5.76. The van der Waals surface area contributed by atoms with Gasteiger partial charge in [-0.25, -0.2) is 0 Å². The molecule has 0 saturated heterocycles. The van der Waals surface area contributed by atoms with E-state index < -0.39 is 12.1 Å². The first-order valence-electron chi connectivity index (χ1n) is 27.6. The van der Waals surface area contributed by atoms with Crippen molar-refractivity contribution >= 4 is 11.9 Å². The SMILES string of the molecule is CCCCCCCC/C=C\CCCCCCCC(=O)OCCCCCCCCCCCCCCCCC(=O)NC(CO)C(O)/C=C/CCCCCCCCCCCCCCCC. The minimum absolute atomic E-state index is 0.0113. The van der Waals surface area contributed by atoms with Crippen molar-refractivity contribution in [3.8, 4) is 0 Å². The Balaban J connectivity index is 3.47. The van der Waals surface area contributed by atoms with Gasteiger partial charge in [-0.15, -0.1) is 0 Å². The first-order valence-corrected chi connectivity index (χ1v) is 27.6. The topological polar surface area (TPSA) is 95.9 Å². The first-order chi connectivity index (χ1) is 30.5. The Labute approximate surface area is 386 Å². The minimum atomic E-state index is -0.851. The van der Waals surface area contributed by atoms with Gasteiger partial charge >= 0.3 is 5.97 Å². The Morgan fingerprint density at radius 1 is 0.435 bits per heavy atom. The number of aliphatic hydroxyl groups excluding tert-OH is 2. The number of esters is 1. The van der Waals surface area contributed by atoms with E-state index in [-0.39, 0.29) is 18.5 Å². The summed E-state index contributed by atoms with van der Waals surface area (Å²) in [5.74, 6) is -0.0888. The molecule has 0 rings (SSSR count).